The number of nitrogens with one attached hydrogen (secondary N) is 1. The lowest BCUT2D eigenvalue weighted by Crippen LogP contribution is -2.03. The van der Waals surface area contributed by atoms with Crippen molar-refractivity contribution in [2.24, 2.45) is 0 Å². The highest BCUT2D eigenvalue weighted by atomic mass is 79.9. The molecule has 0 aromatic heterocycles. The summed E-state index contributed by atoms with van der Waals surface area (Å²) in [6.07, 6.45) is 0. The van der Waals surface area contributed by atoms with Gasteiger partial charge in [-0.05, 0) is 43.2 Å². The number of hydrogen-bond donors (Lipinski definition) is 2. The van der Waals surface area contributed by atoms with Crippen LogP contribution in [0.1, 0.15) is 16.7 Å². The van der Waals surface area contributed by atoms with Crippen LogP contribution in [0.15, 0.2) is 34.8 Å². The standard InChI is InChI=1S/C15H15BrClNO/c1-9-6-12(16)7-10(2)14(9)18-8-11-4-3-5-13(17)15(11)19/h3-7,18-19H,8H2,1-2H3. The molecule has 0 aliphatic carbocycles. The maximum absolute atomic E-state index is 9.88. The zero-order chi connectivity index (χ0) is 14.0. The van der Waals surface area contributed by atoms with Gasteiger partial charge in [0.2, 0.25) is 0 Å². The number of hydrogen-bond acceptors (Lipinski definition) is 2. The van der Waals surface area contributed by atoms with E-state index in [1.165, 1.54) is 0 Å². The molecule has 0 fully saturated rings. The van der Waals surface area contributed by atoms with Gasteiger partial charge >= 0.3 is 0 Å². The average molecular weight is 341 g/mol. The van der Waals surface area contributed by atoms with Crippen molar-refractivity contribution < 1.29 is 5.11 Å². The summed E-state index contributed by atoms with van der Waals surface area (Å²) in [6.45, 7) is 4.64. The Kier molecular flexibility index (Phi) is 4.38. The van der Waals surface area contributed by atoms with Crippen LogP contribution >= 0.6 is 27.5 Å². The normalized spacial score (nSPS) is 10.5. The molecule has 0 atom stereocenters. The number of phenolic OH excluding ortho intramolecular Hbond substituents is 1. The number of halogens is 2. The van der Waals surface area contributed by atoms with E-state index in [4.69, 9.17) is 11.6 Å². The molecule has 0 aliphatic rings. The van der Waals surface area contributed by atoms with E-state index in [0.717, 1.165) is 26.9 Å². The van der Waals surface area contributed by atoms with Crippen LogP contribution in [-0.4, -0.2) is 5.11 Å². The van der Waals surface area contributed by atoms with Crippen molar-refractivity contribution in [3.63, 3.8) is 0 Å². The Morgan fingerprint density at radius 2 is 1.84 bits per heavy atom. The molecular formula is C15H15BrClNO. The maximum Gasteiger partial charge on any atom is 0.139 e. The van der Waals surface area contributed by atoms with Crippen LogP contribution in [-0.2, 0) is 6.54 Å². The number of aromatic hydroxyl groups is 1. The molecule has 2 rings (SSSR count). The van der Waals surface area contributed by atoms with Crippen molar-refractivity contribution >= 4 is 33.2 Å². The van der Waals surface area contributed by atoms with E-state index in [1.807, 2.05) is 12.1 Å². The van der Waals surface area contributed by atoms with E-state index in [2.05, 4.69) is 47.2 Å². The second-order valence-corrected chi connectivity index (χ2v) is 5.84. The molecular weight excluding hydrogens is 326 g/mol. The lowest BCUT2D eigenvalue weighted by atomic mass is 10.1. The van der Waals surface area contributed by atoms with E-state index < -0.39 is 0 Å². The monoisotopic (exact) mass is 339 g/mol. The van der Waals surface area contributed by atoms with Gasteiger partial charge in [0.1, 0.15) is 5.75 Å². The van der Waals surface area contributed by atoms with Crippen LogP contribution in [0.2, 0.25) is 5.02 Å². The first-order chi connectivity index (χ1) is 8.99. The second-order valence-electron chi connectivity index (χ2n) is 4.52. The predicted octanol–water partition coefficient (Wildman–Crippen LogP) is 5.04. The summed E-state index contributed by atoms with van der Waals surface area (Å²) >= 11 is 9.37. The van der Waals surface area contributed by atoms with E-state index in [1.54, 1.807) is 6.07 Å². The fourth-order valence-corrected chi connectivity index (χ4v) is 2.96. The van der Waals surface area contributed by atoms with Crippen molar-refractivity contribution in [1.29, 1.82) is 0 Å². The van der Waals surface area contributed by atoms with Crippen LogP contribution in [0.3, 0.4) is 0 Å². The Labute approximate surface area is 126 Å². The molecule has 0 bridgehead atoms. The maximum atomic E-state index is 9.88. The van der Waals surface area contributed by atoms with Gasteiger partial charge in [-0.15, -0.1) is 0 Å². The third-order valence-corrected chi connectivity index (χ3v) is 3.79. The van der Waals surface area contributed by atoms with Crippen LogP contribution in [0.25, 0.3) is 0 Å². The van der Waals surface area contributed by atoms with Crippen LogP contribution < -0.4 is 5.32 Å². The van der Waals surface area contributed by atoms with Gasteiger partial charge in [-0.1, -0.05) is 39.7 Å². The van der Waals surface area contributed by atoms with Gasteiger partial charge in [0.25, 0.3) is 0 Å². The fourth-order valence-electron chi connectivity index (χ4n) is 2.08. The van der Waals surface area contributed by atoms with Gasteiger partial charge in [-0.3, -0.25) is 0 Å². The number of anilines is 1. The molecule has 2 aromatic carbocycles. The molecule has 0 aliphatic heterocycles. The Morgan fingerprint density at radius 1 is 1.21 bits per heavy atom. The van der Waals surface area contributed by atoms with Crippen molar-refractivity contribution in [2.75, 3.05) is 5.32 Å². The van der Waals surface area contributed by atoms with Gasteiger partial charge in [0.05, 0.1) is 5.02 Å². The summed E-state index contributed by atoms with van der Waals surface area (Å²) in [5.74, 6) is 0.143. The summed E-state index contributed by atoms with van der Waals surface area (Å²) in [7, 11) is 0. The molecule has 2 nitrogen and oxygen atoms in total. The molecule has 0 spiro atoms. The SMILES string of the molecule is Cc1cc(Br)cc(C)c1NCc1cccc(Cl)c1O. The van der Waals surface area contributed by atoms with Crippen molar-refractivity contribution in [3.05, 3.63) is 56.5 Å². The fraction of sp³-hybridized carbons (Fsp3) is 0.200. The molecule has 100 valence electrons. The summed E-state index contributed by atoms with van der Waals surface area (Å²) in [6, 6.07) is 9.49. The number of aryl methyl sites for hydroxylation is 2. The minimum atomic E-state index is 0.143. The molecule has 4 heteroatoms. The highest BCUT2D eigenvalue weighted by Gasteiger charge is 2.07. The zero-order valence-corrected chi connectivity index (χ0v) is 13.1. The summed E-state index contributed by atoms with van der Waals surface area (Å²) in [5.41, 5.74) is 4.19. The molecule has 0 saturated carbocycles. The largest absolute Gasteiger partial charge is 0.506 e. The third-order valence-electron chi connectivity index (χ3n) is 3.02. The Hall–Kier alpha value is -1.19. The molecule has 2 N–H and O–H groups in total. The first-order valence-corrected chi connectivity index (χ1v) is 7.13. The van der Waals surface area contributed by atoms with Gasteiger partial charge in [0, 0.05) is 22.3 Å². The van der Waals surface area contributed by atoms with Crippen molar-refractivity contribution in [3.8, 4) is 5.75 Å². The topological polar surface area (TPSA) is 32.3 Å². The number of rotatable bonds is 3. The Balaban J connectivity index is 2.22. The minimum absolute atomic E-state index is 0.143. The van der Waals surface area contributed by atoms with Crippen LogP contribution in [0.5, 0.6) is 5.75 Å². The van der Waals surface area contributed by atoms with E-state index in [9.17, 15) is 5.11 Å². The van der Waals surface area contributed by atoms with Crippen molar-refractivity contribution in [2.45, 2.75) is 20.4 Å². The quantitative estimate of drug-likeness (QED) is 0.820. The van der Waals surface area contributed by atoms with Crippen molar-refractivity contribution in [1.82, 2.24) is 0 Å². The Bertz CT molecular complexity index is 590. The number of para-hydroxylation sites is 1. The highest BCUT2D eigenvalue weighted by molar-refractivity contribution is 9.10. The molecule has 0 radical (unpaired) electrons. The van der Waals surface area contributed by atoms with Gasteiger partial charge in [0.15, 0.2) is 0 Å². The molecule has 0 unspecified atom stereocenters. The summed E-state index contributed by atoms with van der Waals surface area (Å²) in [5, 5.41) is 13.6. The third kappa shape index (κ3) is 3.23. The molecule has 19 heavy (non-hydrogen) atoms. The first-order valence-electron chi connectivity index (χ1n) is 5.96. The van der Waals surface area contributed by atoms with E-state index in [0.29, 0.717) is 11.6 Å². The van der Waals surface area contributed by atoms with Gasteiger partial charge < -0.3 is 10.4 Å². The highest BCUT2D eigenvalue weighted by Crippen LogP contribution is 2.29. The molecule has 0 amide bonds. The molecule has 0 saturated heterocycles. The van der Waals surface area contributed by atoms with Gasteiger partial charge in [-0.25, -0.2) is 0 Å². The van der Waals surface area contributed by atoms with Gasteiger partial charge in [-0.2, -0.15) is 0 Å². The van der Waals surface area contributed by atoms with Crippen LogP contribution in [0.4, 0.5) is 5.69 Å². The first kappa shape index (κ1) is 14.2. The minimum Gasteiger partial charge on any atom is -0.506 e. The smallest absolute Gasteiger partial charge is 0.139 e. The molecule has 0 heterocycles. The number of benzene rings is 2. The zero-order valence-electron chi connectivity index (χ0n) is 10.8. The van der Waals surface area contributed by atoms with E-state index >= 15 is 0 Å². The predicted molar refractivity (Wildman–Crippen MR) is 84.1 cm³/mol. The summed E-state index contributed by atoms with van der Waals surface area (Å²) < 4.78 is 1.07. The second kappa shape index (κ2) is 5.85. The lowest BCUT2D eigenvalue weighted by Gasteiger charge is -2.14. The summed E-state index contributed by atoms with van der Waals surface area (Å²) in [4.78, 5) is 0. The van der Waals surface area contributed by atoms with E-state index in [-0.39, 0.29) is 5.75 Å². The number of phenols is 1. The van der Waals surface area contributed by atoms with Crippen LogP contribution in [0, 0.1) is 13.8 Å². The molecule has 2 aromatic rings. The lowest BCUT2D eigenvalue weighted by molar-refractivity contribution is 0.469. The Morgan fingerprint density at radius 3 is 2.47 bits per heavy atom. The average Bonchev–Trinajstić information content (AvgIpc) is 2.33.